The maximum absolute atomic E-state index is 10.9. The highest BCUT2D eigenvalue weighted by atomic mass is 32.2. The summed E-state index contributed by atoms with van der Waals surface area (Å²) in [5.74, 6) is 0. The SMILES string of the molecule is CC(COCc1ccccc1)S(N)(=O)=O. The van der Waals surface area contributed by atoms with Crippen LogP contribution in [0.5, 0.6) is 0 Å². The quantitative estimate of drug-likeness (QED) is 0.814. The summed E-state index contributed by atoms with van der Waals surface area (Å²) in [6.07, 6.45) is 0. The molecule has 0 saturated carbocycles. The lowest BCUT2D eigenvalue weighted by atomic mass is 10.2. The zero-order valence-electron chi connectivity index (χ0n) is 8.59. The Morgan fingerprint density at radius 1 is 1.33 bits per heavy atom. The summed E-state index contributed by atoms with van der Waals surface area (Å²) >= 11 is 0. The van der Waals surface area contributed by atoms with Gasteiger partial charge in [0.2, 0.25) is 10.0 Å². The number of hydrogen-bond acceptors (Lipinski definition) is 3. The van der Waals surface area contributed by atoms with E-state index in [0.717, 1.165) is 5.56 Å². The summed E-state index contributed by atoms with van der Waals surface area (Å²) in [5, 5.41) is 4.29. The minimum atomic E-state index is -3.48. The first kappa shape index (κ1) is 12.2. The van der Waals surface area contributed by atoms with Gasteiger partial charge in [0.05, 0.1) is 18.5 Å². The molecule has 0 aliphatic rings. The zero-order valence-corrected chi connectivity index (χ0v) is 9.41. The van der Waals surface area contributed by atoms with Gasteiger partial charge in [-0.15, -0.1) is 0 Å². The summed E-state index contributed by atoms with van der Waals surface area (Å²) in [7, 11) is -3.48. The molecule has 0 radical (unpaired) electrons. The van der Waals surface area contributed by atoms with Crippen LogP contribution in [-0.2, 0) is 21.4 Å². The van der Waals surface area contributed by atoms with Gasteiger partial charge in [0.1, 0.15) is 0 Å². The lowest BCUT2D eigenvalue weighted by molar-refractivity contribution is 0.123. The average Bonchev–Trinajstić information content (AvgIpc) is 2.18. The van der Waals surface area contributed by atoms with Crippen LogP contribution in [0.4, 0.5) is 0 Å². The highest BCUT2D eigenvalue weighted by Gasteiger charge is 2.15. The summed E-state index contributed by atoms with van der Waals surface area (Å²) in [6, 6.07) is 9.56. The zero-order chi connectivity index (χ0) is 11.3. The van der Waals surface area contributed by atoms with E-state index in [4.69, 9.17) is 9.88 Å². The van der Waals surface area contributed by atoms with Crippen LogP contribution in [0.2, 0.25) is 0 Å². The van der Waals surface area contributed by atoms with Crippen molar-refractivity contribution in [2.24, 2.45) is 5.14 Å². The molecule has 0 bridgehead atoms. The van der Waals surface area contributed by atoms with Gasteiger partial charge in [0.15, 0.2) is 0 Å². The molecule has 0 heterocycles. The maximum Gasteiger partial charge on any atom is 0.213 e. The number of rotatable bonds is 5. The van der Waals surface area contributed by atoms with E-state index < -0.39 is 15.3 Å². The first-order valence-electron chi connectivity index (χ1n) is 4.63. The van der Waals surface area contributed by atoms with Crippen molar-refractivity contribution in [1.29, 1.82) is 0 Å². The van der Waals surface area contributed by atoms with Crippen molar-refractivity contribution < 1.29 is 13.2 Å². The highest BCUT2D eigenvalue weighted by molar-refractivity contribution is 7.89. The summed E-state index contributed by atoms with van der Waals surface area (Å²) in [5.41, 5.74) is 1.01. The molecular weight excluding hydrogens is 214 g/mol. The Kier molecular flexibility index (Phi) is 4.26. The predicted octanol–water partition coefficient (Wildman–Crippen LogP) is 0.880. The molecule has 5 heteroatoms. The second-order valence-corrected chi connectivity index (χ2v) is 5.38. The molecule has 0 aromatic heterocycles. The summed E-state index contributed by atoms with van der Waals surface area (Å²) in [4.78, 5) is 0. The molecule has 1 rings (SSSR count). The number of sulfonamides is 1. The Balaban J connectivity index is 2.35. The topological polar surface area (TPSA) is 69.4 Å². The van der Waals surface area contributed by atoms with Gasteiger partial charge in [-0.2, -0.15) is 0 Å². The van der Waals surface area contributed by atoms with E-state index in [1.165, 1.54) is 6.92 Å². The van der Waals surface area contributed by atoms with Crippen molar-refractivity contribution >= 4 is 10.0 Å². The van der Waals surface area contributed by atoms with Gasteiger partial charge in [0, 0.05) is 0 Å². The fourth-order valence-electron chi connectivity index (χ4n) is 1.01. The van der Waals surface area contributed by atoms with Crippen molar-refractivity contribution in [2.75, 3.05) is 6.61 Å². The van der Waals surface area contributed by atoms with E-state index in [1.807, 2.05) is 30.3 Å². The third-order valence-corrected chi connectivity index (χ3v) is 3.28. The van der Waals surface area contributed by atoms with E-state index >= 15 is 0 Å². The fourth-order valence-corrected chi connectivity index (χ4v) is 1.30. The number of primary sulfonamides is 1. The number of ether oxygens (including phenoxy) is 1. The molecule has 4 nitrogen and oxygen atoms in total. The van der Waals surface area contributed by atoms with Gasteiger partial charge in [-0.25, -0.2) is 13.6 Å². The van der Waals surface area contributed by atoms with Crippen molar-refractivity contribution in [2.45, 2.75) is 18.8 Å². The van der Waals surface area contributed by atoms with E-state index in [0.29, 0.717) is 6.61 Å². The Labute approximate surface area is 90.1 Å². The van der Waals surface area contributed by atoms with E-state index in [9.17, 15) is 8.42 Å². The minimum Gasteiger partial charge on any atom is -0.375 e. The highest BCUT2D eigenvalue weighted by Crippen LogP contribution is 2.02. The van der Waals surface area contributed by atoms with Gasteiger partial charge in [0.25, 0.3) is 0 Å². The second-order valence-electron chi connectivity index (χ2n) is 3.40. The van der Waals surface area contributed by atoms with Gasteiger partial charge in [-0.1, -0.05) is 30.3 Å². The Hall–Kier alpha value is -0.910. The van der Waals surface area contributed by atoms with Crippen LogP contribution in [0.15, 0.2) is 30.3 Å². The first-order chi connectivity index (χ1) is 7.00. The Morgan fingerprint density at radius 3 is 2.47 bits per heavy atom. The van der Waals surface area contributed by atoms with E-state index in [2.05, 4.69) is 0 Å². The standard InChI is InChI=1S/C10H15NO3S/c1-9(15(11,12)13)7-14-8-10-5-3-2-4-6-10/h2-6,9H,7-8H2,1H3,(H2,11,12,13). The van der Waals surface area contributed by atoms with Crippen LogP contribution in [-0.4, -0.2) is 20.3 Å². The Morgan fingerprint density at radius 2 is 1.93 bits per heavy atom. The molecule has 0 amide bonds. The molecule has 1 aromatic rings. The normalized spacial score (nSPS) is 13.7. The molecule has 0 fully saturated rings. The van der Waals surface area contributed by atoms with Gasteiger partial charge in [-0.05, 0) is 12.5 Å². The number of hydrogen-bond donors (Lipinski definition) is 1. The Bertz CT molecular complexity index is 388. The lowest BCUT2D eigenvalue weighted by Gasteiger charge is -2.09. The molecule has 0 saturated heterocycles. The molecule has 1 aromatic carbocycles. The first-order valence-corrected chi connectivity index (χ1v) is 6.24. The van der Waals surface area contributed by atoms with Crippen molar-refractivity contribution in [1.82, 2.24) is 0 Å². The predicted molar refractivity (Wildman–Crippen MR) is 58.7 cm³/mol. The van der Waals surface area contributed by atoms with Crippen molar-refractivity contribution in [3.63, 3.8) is 0 Å². The smallest absolute Gasteiger partial charge is 0.213 e. The van der Waals surface area contributed by atoms with Crippen LogP contribution >= 0.6 is 0 Å². The largest absolute Gasteiger partial charge is 0.375 e. The summed E-state index contributed by atoms with van der Waals surface area (Å²) < 4.78 is 27.0. The van der Waals surface area contributed by atoms with Crippen LogP contribution in [0.1, 0.15) is 12.5 Å². The molecule has 1 atom stereocenters. The number of benzene rings is 1. The third kappa shape index (κ3) is 4.42. The maximum atomic E-state index is 10.9. The monoisotopic (exact) mass is 229 g/mol. The van der Waals surface area contributed by atoms with Gasteiger partial charge < -0.3 is 4.74 Å². The molecule has 0 aliphatic heterocycles. The second kappa shape index (κ2) is 5.25. The van der Waals surface area contributed by atoms with Gasteiger partial charge in [-0.3, -0.25) is 0 Å². The van der Waals surface area contributed by atoms with Crippen molar-refractivity contribution in [3.05, 3.63) is 35.9 Å². The van der Waals surface area contributed by atoms with E-state index in [1.54, 1.807) is 0 Å². The third-order valence-electron chi connectivity index (χ3n) is 2.02. The molecular formula is C10H15NO3S. The molecule has 0 aliphatic carbocycles. The van der Waals surface area contributed by atoms with E-state index in [-0.39, 0.29) is 6.61 Å². The van der Waals surface area contributed by atoms with Gasteiger partial charge >= 0.3 is 0 Å². The molecule has 84 valence electrons. The number of nitrogens with two attached hydrogens (primary N) is 1. The van der Waals surface area contributed by atoms with Crippen LogP contribution in [0.3, 0.4) is 0 Å². The minimum absolute atomic E-state index is 0.119. The molecule has 0 spiro atoms. The lowest BCUT2D eigenvalue weighted by Crippen LogP contribution is -2.29. The van der Waals surface area contributed by atoms with Crippen LogP contribution in [0.25, 0.3) is 0 Å². The fraction of sp³-hybridized carbons (Fsp3) is 0.400. The molecule has 15 heavy (non-hydrogen) atoms. The average molecular weight is 229 g/mol. The van der Waals surface area contributed by atoms with Crippen LogP contribution in [0, 0.1) is 0 Å². The summed E-state index contributed by atoms with van der Waals surface area (Å²) in [6.45, 7) is 2.05. The molecule has 1 unspecified atom stereocenters. The van der Waals surface area contributed by atoms with Crippen LogP contribution < -0.4 is 5.14 Å². The van der Waals surface area contributed by atoms with Crippen molar-refractivity contribution in [3.8, 4) is 0 Å². The molecule has 2 N–H and O–H groups in total.